The maximum Gasteiger partial charge on any atom is 0.407 e. The van der Waals surface area contributed by atoms with Crippen LogP contribution in [0.1, 0.15) is 19.8 Å². The molecule has 1 amide bonds. The van der Waals surface area contributed by atoms with Gasteiger partial charge in [-0.3, -0.25) is 4.79 Å². The van der Waals surface area contributed by atoms with Crippen LogP contribution in [0.4, 0.5) is 4.79 Å². The van der Waals surface area contributed by atoms with Crippen molar-refractivity contribution in [2.45, 2.75) is 25.9 Å². The molecule has 0 aliphatic carbocycles. The molecule has 0 rings (SSSR count). The highest BCUT2D eigenvalue weighted by Crippen LogP contribution is 1.98. The maximum absolute atomic E-state index is 10.6. The van der Waals surface area contributed by atoms with Gasteiger partial charge in [-0.05, 0) is 6.42 Å². The third kappa shape index (κ3) is 4.36. The van der Waals surface area contributed by atoms with Crippen LogP contribution < -0.4 is 5.32 Å². The Labute approximate surface area is 65.9 Å². The lowest BCUT2D eigenvalue weighted by atomic mass is 10.2. The first kappa shape index (κ1) is 9.94. The number of aldehydes is 1. The Kier molecular flexibility index (Phi) is 5.15. The van der Waals surface area contributed by atoms with Crippen molar-refractivity contribution in [3.05, 3.63) is 0 Å². The first-order valence-electron chi connectivity index (χ1n) is 3.58. The van der Waals surface area contributed by atoms with E-state index in [1.165, 1.54) is 7.05 Å². The first-order chi connectivity index (χ1) is 5.24. The van der Waals surface area contributed by atoms with E-state index < -0.39 is 12.2 Å². The van der Waals surface area contributed by atoms with Crippen LogP contribution >= 0.6 is 0 Å². The van der Waals surface area contributed by atoms with E-state index in [4.69, 9.17) is 0 Å². The third-order valence-corrected chi connectivity index (χ3v) is 1.19. The van der Waals surface area contributed by atoms with Crippen LogP contribution in [0.3, 0.4) is 0 Å². The van der Waals surface area contributed by atoms with E-state index in [1.807, 2.05) is 6.92 Å². The molecule has 64 valence electrons. The largest absolute Gasteiger partial charge is 0.439 e. The van der Waals surface area contributed by atoms with Gasteiger partial charge in [-0.1, -0.05) is 13.3 Å². The lowest BCUT2D eigenvalue weighted by molar-refractivity contribution is -0.115. The van der Waals surface area contributed by atoms with Crippen molar-refractivity contribution >= 4 is 12.4 Å². The summed E-state index contributed by atoms with van der Waals surface area (Å²) in [5.41, 5.74) is 0. The van der Waals surface area contributed by atoms with E-state index in [0.717, 1.165) is 6.42 Å². The zero-order valence-electron chi connectivity index (χ0n) is 6.79. The smallest absolute Gasteiger partial charge is 0.407 e. The molecule has 0 aromatic rings. The fraction of sp³-hybridized carbons (Fsp3) is 0.714. The third-order valence-electron chi connectivity index (χ3n) is 1.19. The van der Waals surface area contributed by atoms with Gasteiger partial charge in [0.25, 0.3) is 0 Å². The molecule has 0 saturated carbocycles. The molecule has 0 aliphatic heterocycles. The molecule has 4 nitrogen and oxygen atoms in total. The van der Waals surface area contributed by atoms with Gasteiger partial charge in [-0.2, -0.15) is 0 Å². The predicted octanol–water partition coefficient (Wildman–Crippen LogP) is 0.710. The zero-order chi connectivity index (χ0) is 8.69. The molecule has 1 unspecified atom stereocenters. The summed E-state index contributed by atoms with van der Waals surface area (Å²) >= 11 is 0. The minimum absolute atomic E-state index is 0.560. The molecule has 4 heteroatoms. The molecule has 0 radical (unpaired) electrons. The van der Waals surface area contributed by atoms with E-state index in [1.54, 1.807) is 0 Å². The van der Waals surface area contributed by atoms with Gasteiger partial charge < -0.3 is 10.1 Å². The molecule has 0 aromatic heterocycles. The van der Waals surface area contributed by atoms with Gasteiger partial charge in [-0.25, -0.2) is 4.79 Å². The standard InChI is InChI=1S/C7H13NO3/c1-3-4-6(5-9)11-7(10)8-2/h5-6H,3-4H2,1-2H3,(H,8,10). The number of hydrogen-bond donors (Lipinski definition) is 1. The second-order valence-electron chi connectivity index (χ2n) is 2.12. The average Bonchev–Trinajstić information content (AvgIpc) is 2.03. The van der Waals surface area contributed by atoms with E-state index in [2.05, 4.69) is 10.1 Å². The highest BCUT2D eigenvalue weighted by molar-refractivity contribution is 5.70. The number of carbonyl (C=O) groups excluding carboxylic acids is 2. The number of carbonyl (C=O) groups is 2. The molecule has 0 bridgehead atoms. The normalized spacial score (nSPS) is 11.8. The second-order valence-corrected chi connectivity index (χ2v) is 2.12. The molecule has 1 atom stereocenters. The van der Waals surface area contributed by atoms with E-state index in [9.17, 15) is 9.59 Å². The summed E-state index contributed by atoms with van der Waals surface area (Å²) < 4.78 is 4.67. The van der Waals surface area contributed by atoms with Crippen molar-refractivity contribution in [2.24, 2.45) is 0 Å². The Morgan fingerprint density at radius 2 is 2.36 bits per heavy atom. The Morgan fingerprint density at radius 3 is 2.73 bits per heavy atom. The number of rotatable bonds is 4. The minimum Gasteiger partial charge on any atom is -0.439 e. The molecule has 0 saturated heterocycles. The highest BCUT2D eigenvalue weighted by Gasteiger charge is 2.09. The quantitative estimate of drug-likeness (QED) is 0.614. The van der Waals surface area contributed by atoms with Crippen molar-refractivity contribution in [1.29, 1.82) is 0 Å². The first-order valence-corrected chi connectivity index (χ1v) is 3.58. The summed E-state index contributed by atoms with van der Waals surface area (Å²) in [6, 6.07) is 0. The molecular formula is C7H13NO3. The summed E-state index contributed by atoms with van der Waals surface area (Å²) in [5, 5.41) is 2.27. The van der Waals surface area contributed by atoms with Gasteiger partial charge in [-0.15, -0.1) is 0 Å². The van der Waals surface area contributed by atoms with Crippen molar-refractivity contribution in [2.75, 3.05) is 7.05 Å². The van der Waals surface area contributed by atoms with Crippen LogP contribution in [-0.2, 0) is 9.53 Å². The van der Waals surface area contributed by atoms with Gasteiger partial charge in [0.1, 0.15) is 0 Å². The average molecular weight is 159 g/mol. The molecule has 0 aliphatic rings. The Balaban J connectivity index is 3.67. The Hall–Kier alpha value is -1.06. The number of amides is 1. The van der Waals surface area contributed by atoms with Crippen LogP contribution in [0.15, 0.2) is 0 Å². The van der Waals surface area contributed by atoms with Gasteiger partial charge in [0, 0.05) is 7.05 Å². The fourth-order valence-electron chi connectivity index (χ4n) is 0.636. The zero-order valence-corrected chi connectivity index (χ0v) is 6.79. The van der Waals surface area contributed by atoms with E-state index in [-0.39, 0.29) is 0 Å². The number of nitrogens with one attached hydrogen (secondary N) is 1. The highest BCUT2D eigenvalue weighted by atomic mass is 16.6. The molecule has 1 N–H and O–H groups in total. The summed E-state index contributed by atoms with van der Waals surface area (Å²) in [6.07, 6.45) is 0.881. The summed E-state index contributed by atoms with van der Waals surface area (Å²) in [5.74, 6) is 0. The molecule has 0 spiro atoms. The number of alkyl carbamates (subject to hydrolysis) is 1. The summed E-state index contributed by atoms with van der Waals surface area (Å²) in [7, 11) is 1.45. The number of ether oxygens (including phenoxy) is 1. The fourth-order valence-corrected chi connectivity index (χ4v) is 0.636. The van der Waals surface area contributed by atoms with Gasteiger partial charge >= 0.3 is 6.09 Å². The van der Waals surface area contributed by atoms with Crippen molar-refractivity contribution < 1.29 is 14.3 Å². The topological polar surface area (TPSA) is 55.4 Å². The van der Waals surface area contributed by atoms with Crippen LogP contribution in [0.5, 0.6) is 0 Å². The monoisotopic (exact) mass is 159 g/mol. The predicted molar refractivity (Wildman–Crippen MR) is 40.3 cm³/mol. The van der Waals surface area contributed by atoms with Crippen LogP contribution in [0, 0.1) is 0 Å². The van der Waals surface area contributed by atoms with Crippen LogP contribution in [0.2, 0.25) is 0 Å². The molecule has 0 heterocycles. The Morgan fingerprint density at radius 1 is 1.73 bits per heavy atom. The maximum atomic E-state index is 10.6. The van der Waals surface area contributed by atoms with Crippen molar-refractivity contribution in [1.82, 2.24) is 5.32 Å². The lowest BCUT2D eigenvalue weighted by Gasteiger charge is -2.09. The molecule has 11 heavy (non-hydrogen) atoms. The SMILES string of the molecule is CCCC(C=O)OC(=O)NC. The lowest BCUT2D eigenvalue weighted by Crippen LogP contribution is -2.26. The summed E-state index contributed by atoms with van der Waals surface area (Å²) in [4.78, 5) is 20.8. The van der Waals surface area contributed by atoms with Gasteiger partial charge in [0.15, 0.2) is 12.4 Å². The van der Waals surface area contributed by atoms with Crippen LogP contribution in [0.25, 0.3) is 0 Å². The van der Waals surface area contributed by atoms with E-state index >= 15 is 0 Å². The molecule has 0 fully saturated rings. The van der Waals surface area contributed by atoms with Crippen LogP contribution in [-0.4, -0.2) is 25.5 Å². The van der Waals surface area contributed by atoms with Gasteiger partial charge in [0.05, 0.1) is 0 Å². The molecule has 0 aromatic carbocycles. The van der Waals surface area contributed by atoms with Gasteiger partial charge in [0.2, 0.25) is 0 Å². The molecular weight excluding hydrogens is 146 g/mol. The summed E-state index contributed by atoms with van der Waals surface area (Å²) in [6.45, 7) is 1.92. The Bertz CT molecular complexity index is 136. The number of hydrogen-bond acceptors (Lipinski definition) is 3. The minimum atomic E-state index is -0.597. The second kappa shape index (κ2) is 5.70. The van der Waals surface area contributed by atoms with Crippen molar-refractivity contribution in [3.8, 4) is 0 Å². The van der Waals surface area contributed by atoms with E-state index in [0.29, 0.717) is 12.7 Å². The van der Waals surface area contributed by atoms with Crippen molar-refractivity contribution in [3.63, 3.8) is 0 Å².